The summed E-state index contributed by atoms with van der Waals surface area (Å²) >= 11 is 0. The molecule has 2 fully saturated rings. The first kappa shape index (κ1) is 22.3. The van der Waals surface area contributed by atoms with E-state index < -0.39 is 12.0 Å². The molecular weight excluding hydrogens is 380 g/mol. The minimum absolute atomic E-state index is 0.0909. The van der Waals surface area contributed by atoms with Crippen LogP contribution in [0.25, 0.3) is 0 Å². The van der Waals surface area contributed by atoms with Crippen LogP contribution in [-0.2, 0) is 14.3 Å². The quantitative estimate of drug-likeness (QED) is 0.640. The fourth-order valence-electron chi connectivity index (χ4n) is 5.08. The van der Waals surface area contributed by atoms with Gasteiger partial charge in [-0.1, -0.05) is 38.5 Å². The molecule has 6 nitrogen and oxygen atoms in total. The molecule has 0 unspecified atom stereocenters. The standard InChI is InChI=1S/C24H34N2O4/c1-14(2)22(26-23(28)19-8-6-5-7-15(19)3)24(29)30-13-21(27)25-16(4)20-12-17-9-10-18(20)11-17/h5-8,14,16-18,20,22H,9-13H2,1-4H3,(H,25,27)(H,26,28)/t16-,17+,18+,20+,22+/m1/s1. The molecule has 0 radical (unpaired) electrons. The van der Waals surface area contributed by atoms with Gasteiger partial charge in [0.15, 0.2) is 6.61 Å². The number of hydrogen-bond acceptors (Lipinski definition) is 4. The molecule has 2 aliphatic rings. The number of rotatable bonds is 8. The molecule has 2 bridgehead atoms. The van der Waals surface area contributed by atoms with E-state index in [0.29, 0.717) is 11.5 Å². The number of nitrogens with one attached hydrogen (secondary N) is 2. The maximum Gasteiger partial charge on any atom is 0.329 e. The summed E-state index contributed by atoms with van der Waals surface area (Å²) < 4.78 is 5.25. The van der Waals surface area contributed by atoms with Crippen molar-refractivity contribution in [3.8, 4) is 0 Å². The Kier molecular flexibility index (Phi) is 7.16. The van der Waals surface area contributed by atoms with Gasteiger partial charge in [0.1, 0.15) is 6.04 Å². The van der Waals surface area contributed by atoms with Gasteiger partial charge in [0.2, 0.25) is 0 Å². The average molecular weight is 415 g/mol. The highest BCUT2D eigenvalue weighted by molar-refractivity contribution is 5.98. The summed E-state index contributed by atoms with van der Waals surface area (Å²) in [6.45, 7) is 7.24. The Hall–Kier alpha value is -2.37. The van der Waals surface area contributed by atoms with Crippen LogP contribution in [0.15, 0.2) is 24.3 Å². The number of hydrogen-bond donors (Lipinski definition) is 2. The van der Waals surface area contributed by atoms with E-state index in [4.69, 9.17) is 4.74 Å². The summed E-state index contributed by atoms with van der Waals surface area (Å²) in [6, 6.07) is 6.49. The number of amides is 2. The Labute approximate surface area is 179 Å². The maximum absolute atomic E-state index is 12.6. The Morgan fingerprint density at radius 3 is 2.40 bits per heavy atom. The van der Waals surface area contributed by atoms with Crippen LogP contribution in [-0.4, -0.2) is 36.5 Å². The van der Waals surface area contributed by atoms with Crippen LogP contribution in [0.3, 0.4) is 0 Å². The molecule has 2 saturated carbocycles. The number of fused-ring (bicyclic) bond motifs is 2. The fourth-order valence-corrected chi connectivity index (χ4v) is 5.08. The number of ether oxygens (including phenoxy) is 1. The lowest BCUT2D eigenvalue weighted by Crippen LogP contribution is -2.47. The molecule has 0 aromatic heterocycles. The minimum atomic E-state index is -0.812. The maximum atomic E-state index is 12.6. The molecule has 164 valence electrons. The van der Waals surface area contributed by atoms with Gasteiger partial charge in [-0.15, -0.1) is 0 Å². The van der Waals surface area contributed by atoms with Gasteiger partial charge in [0, 0.05) is 11.6 Å². The zero-order chi connectivity index (χ0) is 21.8. The minimum Gasteiger partial charge on any atom is -0.454 e. The van der Waals surface area contributed by atoms with Gasteiger partial charge in [0.25, 0.3) is 11.8 Å². The molecule has 6 heteroatoms. The number of benzene rings is 1. The van der Waals surface area contributed by atoms with Crippen molar-refractivity contribution in [3.05, 3.63) is 35.4 Å². The van der Waals surface area contributed by atoms with Crippen molar-refractivity contribution >= 4 is 17.8 Å². The molecule has 1 aromatic rings. The average Bonchev–Trinajstić information content (AvgIpc) is 3.34. The van der Waals surface area contributed by atoms with Crippen molar-refractivity contribution in [2.75, 3.05) is 6.61 Å². The predicted octanol–water partition coefficient (Wildman–Crippen LogP) is 3.23. The van der Waals surface area contributed by atoms with E-state index in [1.807, 2.05) is 39.8 Å². The second-order valence-corrected chi connectivity index (χ2v) is 9.31. The van der Waals surface area contributed by atoms with Gasteiger partial charge in [-0.05, 0) is 68.4 Å². The second-order valence-electron chi connectivity index (χ2n) is 9.31. The highest BCUT2D eigenvalue weighted by Gasteiger charge is 2.42. The van der Waals surface area contributed by atoms with E-state index in [1.165, 1.54) is 25.7 Å². The first-order chi connectivity index (χ1) is 14.3. The molecule has 30 heavy (non-hydrogen) atoms. The van der Waals surface area contributed by atoms with E-state index in [0.717, 1.165) is 17.4 Å². The van der Waals surface area contributed by atoms with Crippen molar-refractivity contribution < 1.29 is 19.1 Å². The van der Waals surface area contributed by atoms with Gasteiger partial charge < -0.3 is 15.4 Å². The third-order valence-corrected chi connectivity index (χ3v) is 6.77. The Morgan fingerprint density at radius 2 is 1.80 bits per heavy atom. The van der Waals surface area contributed by atoms with E-state index in [-0.39, 0.29) is 30.4 Å². The summed E-state index contributed by atoms with van der Waals surface area (Å²) in [6.07, 6.45) is 5.06. The summed E-state index contributed by atoms with van der Waals surface area (Å²) in [5.74, 6) is 0.705. The predicted molar refractivity (Wildman–Crippen MR) is 115 cm³/mol. The first-order valence-electron chi connectivity index (χ1n) is 11.1. The van der Waals surface area contributed by atoms with Gasteiger partial charge in [-0.3, -0.25) is 9.59 Å². The van der Waals surface area contributed by atoms with Gasteiger partial charge in [-0.25, -0.2) is 4.79 Å². The molecule has 2 N–H and O–H groups in total. The number of carbonyl (C=O) groups is 3. The molecule has 0 heterocycles. The van der Waals surface area contributed by atoms with Gasteiger partial charge in [-0.2, -0.15) is 0 Å². The molecule has 0 spiro atoms. The largest absolute Gasteiger partial charge is 0.454 e. The van der Waals surface area contributed by atoms with Gasteiger partial charge in [0.05, 0.1) is 0 Å². The number of carbonyl (C=O) groups excluding carboxylic acids is 3. The fraction of sp³-hybridized carbons (Fsp3) is 0.625. The smallest absolute Gasteiger partial charge is 0.329 e. The summed E-state index contributed by atoms with van der Waals surface area (Å²) in [5, 5.41) is 5.76. The topological polar surface area (TPSA) is 84.5 Å². The molecule has 2 aliphatic carbocycles. The van der Waals surface area contributed by atoms with Crippen LogP contribution >= 0.6 is 0 Å². The third-order valence-electron chi connectivity index (χ3n) is 6.77. The van der Waals surface area contributed by atoms with Crippen LogP contribution < -0.4 is 10.6 Å². The molecule has 5 atom stereocenters. The molecule has 1 aromatic carbocycles. The van der Waals surface area contributed by atoms with Crippen LogP contribution in [0.2, 0.25) is 0 Å². The van der Waals surface area contributed by atoms with E-state index in [2.05, 4.69) is 10.6 Å². The van der Waals surface area contributed by atoms with E-state index in [9.17, 15) is 14.4 Å². The monoisotopic (exact) mass is 414 g/mol. The highest BCUT2D eigenvalue weighted by atomic mass is 16.5. The van der Waals surface area contributed by atoms with Gasteiger partial charge >= 0.3 is 5.97 Å². The molecular formula is C24H34N2O4. The number of esters is 1. The van der Waals surface area contributed by atoms with E-state index >= 15 is 0 Å². The zero-order valence-corrected chi connectivity index (χ0v) is 18.4. The van der Waals surface area contributed by atoms with Crippen molar-refractivity contribution in [3.63, 3.8) is 0 Å². The van der Waals surface area contributed by atoms with E-state index in [1.54, 1.807) is 12.1 Å². The lowest BCUT2D eigenvalue weighted by atomic mass is 9.84. The summed E-state index contributed by atoms with van der Waals surface area (Å²) in [5.41, 5.74) is 1.35. The Bertz CT molecular complexity index is 791. The highest BCUT2D eigenvalue weighted by Crippen LogP contribution is 2.49. The lowest BCUT2D eigenvalue weighted by molar-refractivity contribution is -0.151. The Morgan fingerprint density at radius 1 is 1.07 bits per heavy atom. The first-order valence-corrected chi connectivity index (χ1v) is 11.1. The van der Waals surface area contributed by atoms with Crippen molar-refractivity contribution in [2.45, 2.75) is 65.5 Å². The Balaban J connectivity index is 1.49. The molecule has 2 amide bonds. The van der Waals surface area contributed by atoms with Crippen LogP contribution in [0.5, 0.6) is 0 Å². The van der Waals surface area contributed by atoms with Crippen molar-refractivity contribution in [2.24, 2.45) is 23.7 Å². The van der Waals surface area contributed by atoms with Crippen molar-refractivity contribution in [1.82, 2.24) is 10.6 Å². The third kappa shape index (κ3) is 5.21. The SMILES string of the molecule is Cc1ccccc1C(=O)N[C@H](C(=O)OCC(=O)N[C@H](C)[C@@H]1C[C@H]2CC[C@H]1C2)C(C)C. The molecule has 3 rings (SSSR count). The molecule has 0 aliphatic heterocycles. The van der Waals surface area contributed by atoms with Crippen LogP contribution in [0.4, 0.5) is 0 Å². The summed E-state index contributed by atoms with van der Waals surface area (Å²) in [4.78, 5) is 37.5. The molecule has 0 saturated heterocycles. The van der Waals surface area contributed by atoms with Crippen LogP contribution in [0, 0.1) is 30.6 Å². The number of aryl methyl sites for hydroxylation is 1. The summed E-state index contributed by atoms with van der Waals surface area (Å²) in [7, 11) is 0. The van der Waals surface area contributed by atoms with Crippen LogP contribution in [0.1, 0.15) is 62.4 Å². The van der Waals surface area contributed by atoms with Crippen molar-refractivity contribution in [1.29, 1.82) is 0 Å². The zero-order valence-electron chi connectivity index (χ0n) is 18.4. The second kappa shape index (κ2) is 9.63. The normalized spacial score (nSPS) is 24.4. The lowest BCUT2D eigenvalue weighted by Gasteiger charge is -2.28.